The Bertz CT molecular complexity index is 924. The third-order valence-electron chi connectivity index (χ3n) is 7.26. The smallest absolute Gasteiger partial charge is 0.312 e. The number of likely N-dealkylation sites (tertiary alicyclic amines) is 1. The summed E-state index contributed by atoms with van der Waals surface area (Å²) in [4.78, 5) is 41.7. The van der Waals surface area contributed by atoms with Gasteiger partial charge in [0.1, 0.15) is 17.6 Å². The Morgan fingerprint density at radius 3 is 2.59 bits per heavy atom. The number of nitrogens with zero attached hydrogens (tertiary/aromatic N) is 1. The molecule has 6 atom stereocenters. The summed E-state index contributed by atoms with van der Waals surface area (Å²) in [7, 11) is 0. The van der Waals surface area contributed by atoms with Crippen LogP contribution in [0.4, 0.5) is 5.69 Å². The summed E-state index contributed by atoms with van der Waals surface area (Å²) < 4.78 is 11.9. The third-order valence-corrected chi connectivity index (χ3v) is 7.51. The third kappa shape index (κ3) is 3.23. The molecule has 1 aromatic rings. The van der Waals surface area contributed by atoms with Crippen molar-refractivity contribution in [2.75, 3.05) is 18.5 Å². The number of ether oxygens (including phenoxy) is 2. The molecular weight excluding hydrogens is 436 g/mol. The monoisotopic (exact) mass is 464 g/mol. The zero-order valence-electron chi connectivity index (χ0n) is 18.5. The van der Waals surface area contributed by atoms with E-state index in [0.717, 1.165) is 0 Å². The van der Waals surface area contributed by atoms with Crippen LogP contribution in [0.5, 0.6) is 0 Å². The van der Waals surface area contributed by atoms with Crippen LogP contribution >= 0.6 is 11.6 Å². The number of nitrogens with one attached hydrogen (secondary N) is 1. The minimum absolute atomic E-state index is 0.195. The molecule has 1 aromatic carbocycles. The van der Waals surface area contributed by atoms with Gasteiger partial charge in [-0.3, -0.25) is 14.4 Å². The molecule has 0 saturated carbocycles. The van der Waals surface area contributed by atoms with Crippen LogP contribution in [-0.4, -0.2) is 64.3 Å². The van der Waals surface area contributed by atoms with Crippen LogP contribution in [-0.2, 0) is 23.9 Å². The maximum atomic E-state index is 13.7. The first-order valence-electron chi connectivity index (χ1n) is 11.1. The maximum Gasteiger partial charge on any atom is 0.312 e. The minimum atomic E-state index is -1.15. The summed E-state index contributed by atoms with van der Waals surface area (Å²) >= 11 is 5.95. The number of benzene rings is 1. The molecule has 4 rings (SSSR count). The number of amides is 2. The maximum absolute atomic E-state index is 13.7. The summed E-state index contributed by atoms with van der Waals surface area (Å²) in [5, 5.41) is 13.2. The van der Waals surface area contributed by atoms with E-state index < -0.39 is 47.0 Å². The van der Waals surface area contributed by atoms with Gasteiger partial charge in [0.25, 0.3) is 0 Å². The molecule has 3 aliphatic heterocycles. The average Bonchev–Trinajstić information content (AvgIpc) is 3.38. The van der Waals surface area contributed by atoms with Crippen molar-refractivity contribution in [2.24, 2.45) is 11.8 Å². The van der Waals surface area contributed by atoms with E-state index in [1.54, 1.807) is 38.1 Å². The molecule has 2 bridgehead atoms. The van der Waals surface area contributed by atoms with Crippen LogP contribution in [0.1, 0.15) is 40.0 Å². The highest BCUT2D eigenvalue weighted by atomic mass is 35.5. The van der Waals surface area contributed by atoms with E-state index in [2.05, 4.69) is 5.32 Å². The van der Waals surface area contributed by atoms with E-state index in [4.69, 9.17) is 21.1 Å². The van der Waals surface area contributed by atoms with Gasteiger partial charge >= 0.3 is 5.97 Å². The van der Waals surface area contributed by atoms with Crippen molar-refractivity contribution in [3.05, 3.63) is 29.3 Å². The van der Waals surface area contributed by atoms with E-state index >= 15 is 0 Å². The highest BCUT2D eigenvalue weighted by Crippen LogP contribution is 2.64. The van der Waals surface area contributed by atoms with Gasteiger partial charge in [0.15, 0.2) is 0 Å². The number of aliphatic hydroxyl groups is 1. The molecule has 0 aromatic heterocycles. The molecule has 2 amide bonds. The van der Waals surface area contributed by atoms with Crippen molar-refractivity contribution in [1.82, 2.24) is 4.90 Å². The van der Waals surface area contributed by atoms with E-state index in [9.17, 15) is 19.5 Å². The van der Waals surface area contributed by atoms with Crippen molar-refractivity contribution in [3.63, 3.8) is 0 Å². The fourth-order valence-corrected chi connectivity index (χ4v) is 5.98. The van der Waals surface area contributed by atoms with Gasteiger partial charge < -0.3 is 24.8 Å². The zero-order chi connectivity index (χ0) is 23.3. The largest absolute Gasteiger partial charge is 0.466 e. The Morgan fingerprint density at radius 2 is 2.00 bits per heavy atom. The number of anilines is 1. The van der Waals surface area contributed by atoms with Gasteiger partial charge in [0.05, 0.1) is 30.8 Å². The molecule has 2 N–H and O–H groups in total. The first-order chi connectivity index (χ1) is 15.2. The molecule has 174 valence electrons. The summed E-state index contributed by atoms with van der Waals surface area (Å²) in [6.45, 7) is 5.20. The van der Waals surface area contributed by atoms with Gasteiger partial charge in [0, 0.05) is 10.7 Å². The number of fused-ring (bicyclic) bond motifs is 1. The SMILES string of the molecule is CCOC(=O)[C@H]1[C@H]2C(=O)N([C@H](C)CO)C(C(=O)Nc3ccc(Cl)cc3)C23CC[C@]1(CC)O3. The second-order valence-electron chi connectivity index (χ2n) is 8.86. The Morgan fingerprint density at radius 1 is 1.31 bits per heavy atom. The highest BCUT2D eigenvalue weighted by molar-refractivity contribution is 6.30. The molecule has 3 aliphatic rings. The van der Waals surface area contributed by atoms with Crippen molar-refractivity contribution >= 4 is 35.1 Å². The second kappa shape index (κ2) is 8.32. The number of rotatable bonds is 7. The van der Waals surface area contributed by atoms with Crippen LogP contribution in [0.3, 0.4) is 0 Å². The summed E-state index contributed by atoms with van der Waals surface area (Å²) in [6.07, 6.45) is 1.56. The number of hydrogen-bond donors (Lipinski definition) is 2. The minimum Gasteiger partial charge on any atom is -0.466 e. The highest BCUT2D eigenvalue weighted by Gasteiger charge is 2.79. The van der Waals surface area contributed by atoms with E-state index in [1.807, 2.05) is 6.92 Å². The van der Waals surface area contributed by atoms with Crippen LogP contribution in [0.2, 0.25) is 5.02 Å². The van der Waals surface area contributed by atoms with E-state index in [0.29, 0.717) is 30.0 Å². The van der Waals surface area contributed by atoms with Crippen LogP contribution in [0.15, 0.2) is 24.3 Å². The van der Waals surface area contributed by atoms with E-state index in [-0.39, 0.29) is 19.1 Å². The lowest BCUT2D eigenvalue weighted by molar-refractivity contribution is -0.161. The molecule has 32 heavy (non-hydrogen) atoms. The predicted molar refractivity (Wildman–Crippen MR) is 117 cm³/mol. The van der Waals surface area contributed by atoms with Gasteiger partial charge in [-0.1, -0.05) is 18.5 Å². The fraction of sp³-hybridized carbons (Fsp3) is 0.609. The van der Waals surface area contributed by atoms with Crippen LogP contribution < -0.4 is 5.32 Å². The first-order valence-corrected chi connectivity index (χ1v) is 11.5. The van der Waals surface area contributed by atoms with Crippen molar-refractivity contribution in [2.45, 2.75) is 63.3 Å². The second-order valence-corrected chi connectivity index (χ2v) is 9.29. The standard InChI is InChI=1S/C23H29ClN2O6/c1-4-22-10-11-23(32-22)16(17(22)21(30)31-5-2)20(29)26(13(3)12-27)18(23)19(28)25-15-8-6-14(24)7-9-15/h6-9,13,16-18,27H,4-5,10-12H2,1-3H3,(H,25,28)/t13-,16+,17-,18?,22+,23?/m1/s1. The van der Waals surface area contributed by atoms with Crippen molar-refractivity contribution in [1.29, 1.82) is 0 Å². The fourth-order valence-electron chi connectivity index (χ4n) is 5.85. The Kier molecular flexibility index (Phi) is 5.98. The van der Waals surface area contributed by atoms with Gasteiger partial charge in [-0.05, 0) is 57.4 Å². The quantitative estimate of drug-likeness (QED) is 0.600. The molecule has 3 saturated heterocycles. The Balaban J connectivity index is 1.76. The molecule has 9 heteroatoms. The average molecular weight is 465 g/mol. The lowest BCUT2D eigenvalue weighted by Crippen LogP contribution is -2.55. The number of carbonyl (C=O) groups excluding carboxylic acids is 3. The lowest BCUT2D eigenvalue weighted by atomic mass is 9.65. The summed E-state index contributed by atoms with van der Waals surface area (Å²) in [6, 6.07) is 5.07. The number of hydrogen-bond acceptors (Lipinski definition) is 6. The number of aliphatic hydroxyl groups excluding tert-OH is 1. The van der Waals surface area contributed by atoms with Gasteiger partial charge in [0.2, 0.25) is 11.8 Å². The lowest BCUT2D eigenvalue weighted by Gasteiger charge is -2.36. The predicted octanol–water partition coefficient (Wildman–Crippen LogP) is 2.38. The molecule has 0 aliphatic carbocycles. The van der Waals surface area contributed by atoms with Crippen LogP contribution in [0, 0.1) is 11.8 Å². The van der Waals surface area contributed by atoms with Crippen molar-refractivity contribution < 1.29 is 29.0 Å². The van der Waals surface area contributed by atoms with Gasteiger partial charge in [-0.2, -0.15) is 0 Å². The zero-order valence-corrected chi connectivity index (χ0v) is 19.2. The van der Waals surface area contributed by atoms with Gasteiger partial charge in [-0.15, -0.1) is 0 Å². The molecular formula is C23H29ClN2O6. The Hall–Kier alpha value is -2.16. The van der Waals surface area contributed by atoms with Gasteiger partial charge in [-0.25, -0.2) is 0 Å². The van der Waals surface area contributed by atoms with E-state index in [1.165, 1.54) is 4.90 Å². The normalized spacial score (nSPS) is 33.8. The molecule has 0 radical (unpaired) electrons. The summed E-state index contributed by atoms with van der Waals surface area (Å²) in [5.41, 5.74) is -1.45. The molecule has 8 nitrogen and oxygen atoms in total. The topological polar surface area (TPSA) is 105 Å². The number of halogens is 1. The van der Waals surface area contributed by atoms with Crippen LogP contribution in [0.25, 0.3) is 0 Å². The molecule has 2 unspecified atom stereocenters. The van der Waals surface area contributed by atoms with Crippen molar-refractivity contribution in [3.8, 4) is 0 Å². The molecule has 1 spiro atoms. The molecule has 3 heterocycles. The Labute approximate surface area is 192 Å². The first kappa shape index (κ1) is 23.0. The number of carbonyl (C=O) groups is 3. The number of esters is 1. The summed E-state index contributed by atoms with van der Waals surface area (Å²) in [5.74, 6) is -2.85. The molecule has 3 fully saturated rings.